The third-order valence-electron chi connectivity index (χ3n) is 6.73. The van der Waals surface area contributed by atoms with Gasteiger partial charge in [-0.25, -0.2) is 4.98 Å². The summed E-state index contributed by atoms with van der Waals surface area (Å²) in [6.45, 7) is 1.95. The SMILES string of the molecule is N=c1c2c(-c3ccccc3)c(-c3ccccc3)n(Cc3ccccc3)c2ncn1CCNc1ccncc1. The number of hydrogen-bond acceptors (Lipinski definition) is 4. The molecule has 0 bridgehead atoms. The lowest BCUT2D eigenvalue weighted by Gasteiger charge is -2.13. The van der Waals surface area contributed by atoms with Gasteiger partial charge in [0.2, 0.25) is 0 Å². The maximum absolute atomic E-state index is 9.34. The van der Waals surface area contributed by atoms with Gasteiger partial charge in [0.15, 0.2) is 0 Å². The summed E-state index contributed by atoms with van der Waals surface area (Å²) in [5.41, 5.74) is 7.75. The van der Waals surface area contributed by atoms with E-state index >= 15 is 0 Å². The van der Waals surface area contributed by atoms with Crippen LogP contribution in [0.2, 0.25) is 0 Å². The van der Waals surface area contributed by atoms with Crippen molar-refractivity contribution < 1.29 is 0 Å². The van der Waals surface area contributed by atoms with E-state index in [1.165, 1.54) is 5.56 Å². The van der Waals surface area contributed by atoms with E-state index in [2.05, 4.69) is 87.7 Å². The standard InChI is InChI=1S/C32H28N6/c33-31-29-28(25-12-6-2-7-13-25)30(26-14-8-3-9-15-26)38(22-24-10-4-1-5-11-24)32(29)36-23-37(31)21-20-35-27-16-18-34-19-17-27/h1-19,23,33H,20-22H2,(H,34,35). The fourth-order valence-corrected chi connectivity index (χ4v) is 4.95. The zero-order valence-corrected chi connectivity index (χ0v) is 21.0. The molecule has 0 atom stereocenters. The summed E-state index contributed by atoms with van der Waals surface area (Å²) in [7, 11) is 0. The van der Waals surface area contributed by atoms with Gasteiger partial charge in [-0.2, -0.15) is 0 Å². The second-order valence-corrected chi connectivity index (χ2v) is 9.18. The van der Waals surface area contributed by atoms with Crippen LogP contribution in [0.5, 0.6) is 0 Å². The smallest absolute Gasteiger partial charge is 0.146 e. The van der Waals surface area contributed by atoms with Crippen LogP contribution in [0.15, 0.2) is 122 Å². The molecule has 0 unspecified atom stereocenters. The first-order valence-corrected chi connectivity index (χ1v) is 12.7. The summed E-state index contributed by atoms with van der Waals surface area (Å²) in [5.74, 6) is 0. The third-order valence-corrected chi connectivity index (χ3v) is 6.73. The van der Waals surface area contributed by atoms with Gasteiger partial charge < -0.3 is 14.5 Å². The van der Waals surface area contributed by atoms with Crippen LogP contribution in [0.3, 0.4) is 0 Å². The highest BCUT2D eigenvalue weighted by Gasteiger charge is 2.23. The predicted molar refractivity (Wildman–Crippen MR) is 153 cm³/mol. The van der Waals surface area contributed by atoms with Gasteiger partial charge in [0.05, 0.1) is 17.4 Å². The van der Waals surface area contributed by atoms with Crippen LogP contribution in [0, 0.1) is 5.41 Å². The number of fused-ring (bicyclic) bond motifs is 1. The zero-order valence-electron chi connectivity index (χ0n) is 21.0. The van der Waals surface area contributed by atoms with Crippen LogP contribution in [-0.4, -0.2) is 25.6 Å². The molecule has 3 heterocycles. The fraction of sp³-hybridized carbons (Fsp3) is 0.0938. The minimum Gasteiger partial charge on any atom is -0.383 e. The summed E-state index contributed by atoms with van der Waals surface area (Å²) < 4.78 is 4.19. The Balaban J connectivity index is 1.54. The van der Waals surface area contributed by atoms with Crippen molar-refractivity contribution in [2.75, 3.05) is 11.9 Å². The molecular weight excluding hydrogens is 468 g/mol. The molecule has 3 aromatic carbocycles. The average Bonchev–Trinajstić information content (AvgIpc) is 3.31. The van der Waals surface area contributed by atoms with Crippen LogP contribution in [0.25, 0.3) is 33.4 Å². The van der Waals surface area contributed by atoms with E-state index in [0.29, 0.717) is 25.1 Å². The maximum Gasteiger partial charge on any atom is 0.146 e. The lowest BCUT2D eigenvalue weighted by molar-refractivity contribution is 0.668. The van der Waals surface area contributed by atoms with Crippen LogP contribution in [-0.2, 0) is 13.1 Å². The molecule has 0 aliphatic heterocycles. The molecule has 0 saturated heterocycles. The summed E-state index contributed by atoms with van der Waals surface area (Å²) >= 11 is 0. The molecule has 38 heavy (non-hydrogen) atoms. The first-order valence-electron chi connectivity index (χ1n) is 12.7. The van der Waals surface area contributed by atoms with Crippen molar-refractivity contribution in [3.05, 3.63) is 133 Å². The molecule has 6 rings (SSSR count). The summed E-state index contributed by atoms with van der Waals surface area (Å²) in [4.78, 5) is 9.04. The van der Waals surface area contributed by atoms with E-state index in [-0.39, 0.29) is 0 Å². The van der Waals surface area contributed by atoms with Gasteiger partial charge in [-0.15, -0.1) is 0 Å². The Morgan fingerprint density at radius 3 is 2.05 bits per heavy atom. The number of nitrogens with one attached hydrogen (secondary N) is 2. The molecule has 6 nitrogen and oxygen atoms in total. The van der Waals surface area contributed by atoms with E-state index in [1.54, 1.807) is 18.7 Å². The minimum atomic E-state index is 0.453. The molecule has 186 valence electrons. The number of hydrogen-bond donors (Lipinski definition) is 2. The van der Waals surface area contributed by atoms with Crippen molar-refractivity contribution in [2.45, 2.75) is 13.1 Å². The molecule has 6 aromatic rings. The van der Waals surface area contributed by atoms with E-state index in [4.69, 9.17) is 4.98 Å². The Labute approximate surface area is 221 Å². The van der Waals surface area contributed by atoms with Gasteiger partial charge in [0, 0.05) is 43.3 Å². The first-order chi connectivity index (χ1) is 18.8. The Bertz CT molecular complexity index is 1710. The van der Waals surface area contributed by atoms with E-state index < -0.39 is 0 Å². The summed E-state index contributed by atoms with van der Waals surface area (Å²) in [5, 5.41) is 13.6. The third kappa shape index (κ3) is 4.60. The summed E-state index contributed by atoms with van der Waals surface area (Å²) in [6.07, 6.45) is 5.33. The van der Waals surface area contributed by atoms with Crippen LogP contribution in [0.4, 0.5) is 5.69 Å². The molecule has 0 aliphatic rings. The van der Waals surface area contributed by atoms with Crippen molar-refractivity contribution in [3.63, 3.8) is 0 Å². The average molecular weight is 497 g/mol. The Morgan fingerprint density at radius 1 is 0.737 bits per heavy atom. The van der Waals surface area contributed by atoms with Crippen LogP contribution >= 0.6 is 0 Å². The molecule has 0 fully saturated rings. The molecule has 6 heteroatoms. The Morgan fingerprint density at radius 2 is 1.37 bits per heavy atom. The van der Waals surface area contributed by atoms with Gasteiger partial charge in [0.1, 0.15) is 11.1 Å². The van der Waals surface area contributed by atoms with Crippen molar-refractivity contribution in [1.29, 1.82) is 5.41 Å². The first kappa shape index (κ1) is 23.4. The Kier molecular flexibility index (Phi) is 6.51. The molecule has 0 amide bonds. The molecule has 3 aromatic heterocycles. The van der Waals surface area contributed by atoms with Crippen molar-refractivity contribution >= 4 is 16.7 Å². The number of benzene rings is 3. The molecule has 0 aliphatic carbocycles. The number of anilines is 1. The van der Waals surface area contributed by atoms with Crippen molar-refractivity contribution in [2.24, 2.45) is 0 Å². The number of pyridine rings is 1. The number of aromatic nitrogens is 4. The highest BCUT2D eigenvalue weighted by Crippen LogP contribution is 2.39. The lowest BCUT2D eigenvalue weighted by atomic mass is 9.99. The topological polar surface area (TPSA) is 71.5 Å². The number of rotatable bonds is 8. The van der Waals surface area contributed by atoms with Gasteiger partial charge in [0.25, 0.3) is 0 Å². The molecule has 2 N–H and O–H groups in total. The van der Waals surface area contributed by atoms with Gasteiger partial charge in [-0.3, -0.25) is 10.4 Å². The van der Waals surface area contributed by atoms with Gasteiger partial charge in [-0.05, 0) is 28.8 Å². The normalized spacial score (nSPS) is 11.1. The number of nitrogens with zero attached hydrogens (tertiary/aromatic N) is 4. The zero-order chi connectivity index (χ0) is 25.7. The van der Waals surface area contributed by atoms with Crippen LogP contribution < -0.4 is 10.8 Å². The van der Waals surface area contributed by atoms with Crippen molar-refractivity contribution in [3.8, 4) is 22.4 Å². The monoisotopic (exact) mass is 496 g/mol. The van der Waals surface area contributed by atoms with E-state index in [9.17, 15) is 5.41 Å². The molecule has 0 radical (unpaired) electrons. The van der Waals surface area contributed by atoms with Crippen LogP contribution in [0.1, 0.15) is 5.56 Å². The Hall–Kier alpha value is -4.97. The van der Waals surface area contributed by atoms with Crippen molar-refractivity contribution in [1.82, 2.24) is 19.1 Å². The molecule has 0 spiro atoms. The van der Waals surface area contributed by atoms with Gasteiger partial charge in [-0.1, -0.05) is 91.0 Å². The fourth-order valence-electron chi connectivity index (χ4n) is 4.95. The highest BCUT2D eigenvalue weighted by molar-refractivity contribution is 6.02. The quantitative estimate of drug-likeness (QED) is 0.263. The molecular formula is C32H28N6. The minimum absolute atomic E-state index is 0.453. The van der Waals surface area contributed by atoms with E-state index in [0.717, 1.165) is 39.1 Å². The predicted octanol–water partition coefficient (Wildman–Crippen LogP) is 6.21. The summed E-state index contributed by atoms with van der Waals surface area (Å²) in [6, 6.07) is 35.1. The highest BCUT2D eigenvalue weighted by atomic mass is 15.1. The maximum atomic E-state index is 9.34. The molecule has 0 saturated carbocycles. The van der Waals surface area contributed by atoms with E-state index in [1.807, 2.05) is 34.9 Å². The van der Waals surface area contributed by atoms with Gasteiger partial charge >= 0.3 is 0 Å². The second-order valence-electron chi connectivity index (χ2n) is 9.18. The lowest BCUT2D eigenvalue weighted by Crippen LogP contribution is -2.24. The largest absolute Gasteiger partial charge is 0.383 e. The second kappa shape index (κ2) is 10.6.